The van der Waals surface area contributed by atoms with E-state index in [0.29, 0.717) is 0 Å². The molecule has 0 N–H and O–H groups in total. The van der Waals surface area contributed by atoms with Crippen LogP contribution in [0.15, 0.2) is 91.2 Å². The van der Waals surface area contributed by atoms with Crippen LogP contribution in [0.5, 0.6) is 0 Å². The molecule has 0 spiro atoms. The zero-order chi connectivity index (χ0) is 18.4. The van der Waals surface area contributed by atoms with Crippen LogP contribution in [0.25, 0.3) is 27.5 Å². The number of benzene rings is 3. The molecular weight excluding hydrogens is 328 g/mol. The van der Waals surface area contributed by atoms with Gasteiger partial charge in [0.15, 0.2) is 5.69 Å². The van der Waals surface area contributed by atoms with Crippen LogP contribution in [0, 0.1) is 13.0 Å². The summed E-state index contributed by atoms with van der Waals surface area (Å²) < 4.78 is 4.29. The average molecular weight is 348 g/mol. The van der Waals surface area contributed by atoms with Gasteiger partial charge in [0.05, 0.1) is 6.72 Å². The van der Waals surface area contributed by atoms with Crippen molar-refractivity contribution in [3.63, 3.8) is 0 Å². The second-order valence-electron chi connectivity index (χ2n) is 6.93. The first-order valence-corrected chi connectivity index (χ1v) is 9.15. The van der Waals surface area contributed by atoms with Crippen molar-refractivity contribution in [3.05, 3.63) is 108 Å². The van der Waals surface area contributed by atoms with Gasteiger partial charge in [-0.05, 0) is 46.7 Å². The Morgan fingerprint density at radius 1 is 0.926 bits per heavy atom. The van der Waals surface area contributed by atoms with E-state index in [2.05, 4.69) is 97.1 Å². The second kappa shape index (κ2) is 6.03. The lowest BCUT2D eigenvalue weighted by Crippen LogP contribution is -2.29. The van der Waals surface area contributed by atoms with Crippen molar-refractivity contribution < 1.29 is 9.14 Å². The summed E-state index contributed by atoms with van der Waals surface area (Å²) in [6, 6.07) is 24.9. The number of allylic oxidation sites excluding steroid dienone is 2. The van der Waals surface area contributed by atoms with Gasteiger partial charge in [-0.2, -0.15) is 0 Å². The Labute approximate surface area is 159 Å². The summed E-state index contributed by atoms with van der Waals surface area (Å²) in [7, 11) is 0. The van der Waals surface area contributed by atoms with Crippen molar-refractivity contribution >= 4 is 28.5 Å². The molecule has 0 atom stereocenters. The fourth-order valence-electron chi connectivity index (χ4n) is 3.97. The van der Waals surface area contributed by atoms with Gasteiger partial charge in [-0.15, -0.1) is 6.08 Å². The zero-order valence-electron chi connectivity index (χ0n) is 15.3. The minimum Gasteiger partial charge on any atom is -0.255 e. The molecule has 0 bridgehead atoms. The molecule has 27 heavy (non-hydrogen) atoms. The molecule has 0 saturated heterocycles. The smallest absolute Gasteiger partial charge is 0.159 e. The Kier molecular flexibility index (Phi) is 3.51. The number of aromatic nitrogens is 1. The molecule has 1 aromatic heterocycles. The normalized spacial score (nSPS) is 13.8. The second-order valence-corrected chi connectivity index (χ2v) is 6.93. The number of aryl methyl sites for hydroxylation is 1. The molecule has 0 fully saturated rings. The molecule has 0 saturated carbocycles. The van der Waals surface area contributed by atoms with Crippen LogP contribution in [0.1, 0.15) is 11.1 Å². The molecule has 2 heterocycles. The van der Waals surface area contributed by atoms with E-state index in [9.17, 15) is 0 Å². The van der Waals surface area contributed by atoms with Crippen molar-refractivity contribution in [1.29, 1.82) is 0 Å². The topological polar surface area (TPSA) is 6.89 Å². The SMILES string of the molecule is C=[N+]1C=CC=C[C-]1c1cc2c3ccccc3[n+](-c3ccccc3)[c-]2cc1C. The first kappa shape index (κ1) is 15.7. The van der Waals surface area contributed by atoms with Gasteiger partial charge < -0.3 is 0 Å². The molecule has 1 aliphatic rings. The van der Waals surface area contributed by atoms with E-state index in [-0.39, 0.29) is 0 Å². The highest BCUT2D eigenvalue weighted by Crippen LogP contribution is 2.32. The fraction of sp³-hybridized carbons (Fsp3) is 0.0400. The van der Waals surface area contributed by atoms with E-state index in [1.165, 1.54) is 38.6 Å². The van der Waals surface area contributed by atoms with Crippen molar-refractivity contribution in [3.8, 4) is 5.69 Å². The molecule has 0 radical (unpaired) electrons. The van der Waals surface area contributed by atoms with Crippen LogP contribution in [0.2, 0.25) is 0 Å². The van der Waals surface area contributed by atoms with E-state index >= 15 is 0 Å². The van der Waals surface area contributed by atoms with Crippen LogP contribution in [0.3, 0.4) is 0 Å². The molecule has 130 valence electrons. The van der Waals surface area contributed by atoms with Gasteiger partial charge in [0.2, 0.25) is 0 Å². The Balaban J connectivity index is 1.85. The Bertz CT molecular complexity index is 1240. The first-order chi connectivity index (χ1) is 13.2. The van der Waals surface area contributed by atoms with Crippen molar-refractivity contribution in [1.82, 2.24) is 0 Å². The lowest BCUT2D eigenvalue weighted by molar-refractivity contribution is -0.536. The van der Waals surface area contributed by atoms with E-state index in [1.807, 2.05) is 16.9 Å². The summed E-state index contributed by atoms with van der Waals surface area (Å²) in [5.74, 6) is 0. The Morgan fingerprint density at radius 3 is 2.52 bits per heavy atom. The molecule has 0 amide bonds. The van der Waals surface area contributed by atoms with Crippen LogP contribution in [-0.2, 0) is 0 Å². The summed E-state index contributed by atoms with van der Waals surface area (Å²) in [5, 5.41) is 2.53. The molecular formula is C25H20N2. The number of rotatable bonds is 2. The summed E-state index contributed by atoms with van der Waals surface area (Å²) in [6.45, 7) is 6.32. The number of nitrogens with zero attached hydrogens (tertiary/aromatic N) is 2. The maximum Gasteiger partial charge on any atom is 0.159 e. The fourth-order valence-corrected chi connectivity index (χ4v) is 3.97. The van der Waals surface area contributed by atoms with Gasteiger partial charge in [0.25, 0.3) is 0 Å². The molecule has 0 aliphatic carbocycles. The van der Waals surface area contributed by atoms with E-state index in [4.69, 9.17) is 0 Å². The van der Waals surface area contributed by atoms with Gasteiger partial charge in [0, 0.05) is 0 Å². The standard InChI is InChI=1S/C25H20N2/c1-18-16-25-22(17-21(18)23-13-8-9-15-26(23)2)20-12-6-7-14-24(20)27(25)19-10-4-3-5-11-19/h3-17H,2H2,1H3. The van der Waals surface area contributed by atoms with Crippen LogP contribution >= 0.6 is 0 Å². The number of hydrogen-bond acceptors (Lipinski definition) is 0. The third kappa shape index (κ3) is 2.42. The summed E-state index contributed by atoms with van der Waals surface area (Å²) >= 11 is 0. The first-order valence-electron chi connectivity index (χ1n) is 9.15. The predicted molar refractivity (Wildman–Crippen MR) is 111 cm³/mol. The average Bonchev–Trinajstić information content (AvgIpc) is 3.02. The maximum absolute atomic E-state index is 4.14. The largest absolute Gasteiger partial charge is 0.255 e. The lowest BCUT2D eigenvalue weighted by atomic mass is 9.96. The van der Waals surface area contributed by atoms with Crippen molar-refractivity contribution in [2.75, 3.05) is 0 Å². The highest BCUT2D eigenvalue weighted by Gasteiger charge is 2.21. The van der Waals surface area contributed by atoms with Crippen molar-refractivity contribution in [2.45, 2.75) is 6.92 Å². The predicted octanol–water partition coefficient (Wildman–Crippen LogP) is 4.97. The third-order valence-electron chi connectivity index (χ3n) is 5.25. The highest BCUT2D eigenvalue weighted by molar-refractivity contribution is 6.04. The van der Waals surface area contributed by atoms with Crippen LogP contribution in [0.4, 0.5) is 0 Å². The highest BCUT2D eigenvalue weighted by atomic mass is 15.0. The summed E-state index contributed by atoms with van der Waals surface area (Å²) in [6.07, 6.45) is 8.18. The minimum absolute atomic E-state index is 1.12. The molecule has 2 heteroatoms. The van der Waals surface area contributed by atoms with E-state index < -0.39 is 0 Å². The van der Waals surface area contributed by atoms with Gasteiger partial charge in [-0.3, -0.25) is 4.58 Å². The number of hydrogen-bond donors (Lipinski definition) is 0. The molecule has 4 aromatic rings. The zero-order valence-corrected chi connectivity index (χ0v) is 15.3. The van der Waals surface area contributed by atoms with Crippen LogP contribution < -0.4 is 4.57 Å². The molecule has 0 unspecified atom stereocenters. The van der Waals surface area contributed by atoms with Crippen molar-refractivity contribution in [2.24, 2.45) is 0 Å². The summed E-state index contributed by atoms with van der Waals surface area (Å²) in [5.41, 5.74) is 6.10. The van der Waals surface area contributed by atoms with Gasteiger partial charge in [-0.1, -0.05) is 61.0 Å². The lowest BCUT2D eigenvalue weighted by Gasteiger charge is -2.19. The number of para-hydroxylation sites is 2. The number of fused-ring (bicyclic) bond motifs is 3. The van der Waals surface area contributed by atoms with Gasteiger partial charge >= 0.3 is 0 Å². The third-order valence-corrected chi connectivity index (χ3v) is 5.25. The van der Waals surface area contributed by atoms with Gasteiger partial charge in [0.1, 0.15) is 23.3 Å². The molecule has 5 rings (SSSR count). The van der Waals surface area contributed by atoms with Crippen LogP contribution in [-0.4, -0.2) is 11.3 Å². The summed E-state index contributed by atoms with van der Waals surface area (Å²) in [4.78, 5) is 0. The minimum atomic E-state index is 1.12. The quantitative estimate of drug-likeness (QED) is 0.356. The van der Waals surface area contributed by atoms with E-state index in [1.54, 1.807) is 0 Å². The monoisotopic (exact) mass is 348 g/mol. The molecule has 2 nitrogen and oxygen atoms in total. The van der Waals surface area contributed by atoms with Gasteiger partial charge in [-0.25, -0.2) is 4.57 Å². The molecule has 3 aromatic carbocycles. The molecule has 1 aliphatic heterocycles. The Morgan fingerprint density at radius 2 is 1.70 bits per heavy atom. The Hall–Kier alpha value is -3.52. The maximum atomic E-state index is 4.14. The van der Waals surface area contributed by atoms with E-state index in [0.717, 1.165) is 6.04 Å².